The van der Waals surface area contributed by atoms with Gasteiger partial charge in [0.2, 0.25) is 0 Å². The van der Waals surface area contributed by atoms with Gasteiger partial charge in [0.05, 0.1) is 16.7 Å². The Bertz CT molecular complexity index is 3140. The minimum Gasteiger partial charge on any atom is -0.310 e. The number of anilines is 3. The Hall–Kier alpha value is -6.42. The molecule has 0 bridgehead atoms. The lowest BCUT2D eigenvalue weighted by atomic mass is 9.82. The topological polar surface area (TPSA) is 8.17 Å². The summed E-state index contributed by atoms with van der Waals surface area (Å²) < 4.78 is 5.00. The first-order chi connectivity index (χ1) is 26.7. The zero-order valence-electron chi connectivity index (χ0n) is 29.9. The van der Waals surface area contributed by atoms with Crippen LogP contribution in [0.1, 0.15) is 18.4 Å². The van der Waals surface area contributed by atoms with E-state index in [4.69, 9.17) is 0 Å². The van der Waals surface area contributed by atoms with Crippen LogP contribution in [0.4, 0.5) is 17.1 Å². The summed E-state index contributed by atoms with van der Waals surface area (Å²) in [6, 6.07) is 60.6. The first kappa shape index (κ1) is 31.1. The fourth-order valence-corrected chi connectivity index (χ4v) is 10.1. The number of para-hydroxylation sites is 2. The zero-order valence-corrected chi connectivity index (χ0v) is 30.7. The molecule has 10 aromatic rings. The van der Waals surface area contributed by atoms with Crippen LogP contribution >= 0.6 is 11.3 Å². The summed E-state index contributed by atoms with van der Waals surface area (Å²) in [6.45, 7) is 2.32. The van der Waals surface area contributed by atoms with Crippen LogP contribution in [-0.2, 0) is 0 Å². The van der Waals surface area contributed by atoms with Gasteiger partial charge in [0.15, 0.2) is 0 Å². The highest BCUT2D eigenvalue weighted by Crippen LogP contribution is 2.47. The molecule has 0 radical (unpaired) electrons. The van der Waals surface area contributed by atoms with Crippen molar-refractivity contribution in [3.63, 3.8) is 0 Å². The average Bonchev–Trinajstić information content (AvgIpc) is 3.77. The van der Waals surface area contributed by atoms with E-state index < -0.39 is 0 Å². The van der Waals surface area contributed by atoms with Gasteiger partial charge in [0.1, 0.15) is 0 Å². The van der Waals surface area contributed by atoms with Gasteiger partial charge in [0, 0.05) is 59.3 Å². The highest BCUT2D eigenvalue weighted by Gasteiger charge is 2.24. The minimum atomic E-state index is 0.326. The van der Waals surface area contributed by atoms with Crippen molar-refractivity contribution in [2.45, 2.75) is 12.8 Å². The molecule has 2 aromatic heterocycles. The van der Waals surface area contributed by atoms with Crippen molar-refractivity contribution < 1.29 is 0 Å². The van der Waals surface area contributed by atoms with Crippen LogP contribution in [0, 0.1) is 5.92 Å². The van der Waals surface area contributed by atoms with Crippen LogP contribution in [0.5, 0.6) is 0 Å². The molecule has 11 rings (SSSR count). The second-order valence-corrected chi connectivity index (χ2v) is 15.6. The van der Waals surface area contributed by atoms with Crippen molar-refractivity contribution in [2.24, 2.45) is 5.92 Å². The van der Waals surface area contributed by atoms with Gasteiger partial charge in [-0.05, 0) is 88.3 Å². The quantitative estimate of drug-likeness (QED) is 0.173. The van der Waals surface area contributed by atoms with E-state index in [0.717, 1.165) is 11.4 Å². The van der Waals surface area contributed by atoms with E-state index in [1.165, 1.54) is 80.5 Å². The fraction of sp³-hybridized carbons (Fsp3) is 0.0588. The second-order valence-electron chi connectivity index (χ2n) is 14.5. The van der Waals surface area contributed by atoms with E-state index in [9.17, 15) is 0 Å². The summed E-state index contributed by atoms with van der Waals surface area (Å²) in [7, 11) is 0. The SMILES string of the molecule is CC1C=CC=CC1c1ccc(N(c2ccc3c(c2)sc2ccc4ccccc4c23)c2ccc3c(c2)c2ccccc2n3-c2ccccc2)c2ccccc12. The normalized spacial score (nSPS) is 15.7. The van der Waals surface area contributed by atoms with Crippen molar-refractivity contribution in [2.75, 3.05) is 4.90 Å². The standard InChI is InChI=1S/C51H36N2S/c1-33-13-5-7-17-38(33)41-27-29-47(42-20-10-9-19-40(41)42)52(37-24-26-44-50(32-37)54-49-30-23-34-14-6-8-18-39(34)51(44)49)36-25-28-48-45(31-36)43-21-11-12-22-46(43)53(48)35-15-3-2-4-16-35/h2-33,38H,1H3. The van der Waals surface area contributed by atoms with E-state index in [-0.39, 0.29) is 0 Å². The maximum Gasteiger partial charge on any atom is 0.0542 e. The average molecular weight is 709 g/mol. The smallest absolute Gasteiger partial charge is 0.0542 e. The third-order valence-electron chi connectivity index (χ3n) is 11.5. The van der Waals surface area contributed by atoms with Crippen molar-refractivity contribution >= 4 is 91.9 Å². The summed E-state index contributed by atoms with van der Waals surface area (Å²) >= 11 is 1.88. The molecule has 8 aromatic carbocycles. The molecule has 0 fully saturated rings. The second kappa shape index (κ2) is 12.3. The molecule has 3 heteroatoms. The summed E-state index contributed by atoms with van der Waals surface area (Å²) in [5.74, 6) is 0.753. The highest BCUT2D eigenvalue weighted by atomic mass is 32.1. The summed E-state index contributed by atoms with van der Waals surface area (Å²) in [5.41, 5.74) is 8.40. The largest absolute Gasteiger partial charge is 0.310 e. The molecule has 1 aliphatic rings. The lowest BCUT2D eigenvalue weighted by Gasteiger charge is -2.29. The third-order valence-corrected chi connectivity index (χ3v) is 12.6. The summed E-state index contributed by atoms with van der Waals surface area (Å²) in [5, 5.41) is 10.3. The third kappa shape index (κ3) is 4.79. The molecule has 0 amide bonds. The van der Waals surface area contributed by atoms with Crippen LogP contribution in [0.25, 0.3) is 69.2 Å². The maximum atomic E-state index is 2.49. The van der Waals surface area contributed by atoms with Crippen molar-refractivity contribution in [3.8, 4) is 5.69 Å². The number of rotatable bonds is 5. The molecular weight excluding hydrogens is 673 g/mol. The fourth-order valence-electron chi connectivity index (χ4n) is 8.95. The highest BCUT2D eigenvalue weighted by molar-refractivity contribution is 7.26. The predicted molar refractivity (Wildman–Crippen MR) is 234 cm³/mol. The molecule has 0 saturated heterocycles. The monoisotopic (exact) mass is 708 g/mol. The van der Waals surface area contributed by atoms with Gasteiger partial charge < -0.3 is 9.47 Å². The van der Waals surface area contributed by atoms with Gasteiger partial charge in [-0.25, -0.2) is 0 Å². The number of benzene rings is 8. The van der Waals surface area contributed by atoms with Crippen molar-refractivity contribution in [1.82, 2.24) is 4.57 Å². The first-order valence-electron chi connectivity index (χ1n) is 18.8. The maximum absolute atomic E-state index is 2.49. The number of hydrogen-bond donors (Lipinski definition) is 0. The van der Waals surface area contributed by atoms with Crippen LogP contribution in [0.2, 0.25) is 0 Å². The molecule has 2 atom stereocenters. The molecule has 2 heterocycles. The molecule has 0 aliphatic heterocycles. The Morgan fingerprint density at radius 1 is 0.500 bits per heavy atom. The Morgan fingerprint density at radius 2 is 1.20 bits per heavy atom. The van der Waals surface area contributed by atoms with Gasteiger partial charge in [-0.3, -0.25) is 0 Å². The molecule has 0 saturated carbocycles. The molecule has 0 N–H and O–H groups in total. The Balaban J connectivity index is 1.17. The molecular formula is C51H36N2S. The molecule has 1 aliphatic carbocycles. The Kier molecular flexibility index (Phi) is 7.11. The minimum absolute atomic E-state index is 0.326. The van der Waals surface area contributed by atoms with E-state index in [1.807, 2.05) is 11.3 Å². The number of allylic oxidation sites excluding steroid dienone is 4. The van der Waals surface area contributed by atoms with Crippen LogP contribution in [0.3, 0.4) is 0 Å². The van der Waals surface area contributed by atoms with Crippen molar-refractivity contribution in [1.29, 1.82) is 0 Å². The van der Waals surface area contributed by atoms with Gasteiger partial charge in [-0.2, -0.15) is 0 Å². The Morgan fingerprint density at radius 3 is 2.07 bits per heavy atom. The zero-order chi connectivity index (χ0) is 35.8. The molecule has 256 valence electrons. The van der Waals surface area contributed by atoms with Crippen molar-refractivity contribution in [3.05, 3.63) is 194 Å². The van der Waals surface area contributed by atoms with Gasteiger partial charge in [-0.1, -0.05) is 134 Å². The summed E-state index contributed by atoms with van der Waals surface area (Å²) in [4.78, 5) is 2.49. The van der Waals surface area contributed by atoms with E-state index in [1.54, 1.807) is 0 Å². The van der Waals surface area contributed by atoms with E-state index in [0.29, 0.717) is 11.8 Å². The molecule has 54 heavy (non-hydrogen) atoms. The van der Waals surface area contributed by atoms with E-state index >= 15 is 0 Å². The van der Waals surface area contributed by atoms with Crippen LogP contribution < -0.4 is 4.90 Å². The lowest BCUT2D eigenvalue weighted by Crippen LogP contribution is -2.12. The Labute approximate surface area is 318 Å². The van der Waals surface area contributed by atoms with Gasteiger partial charge in [0.25, 0.3) is 0 Å². The number of thiophene rings is 1. The summed E-state index contributed by atoms with van der Waals surface area (Å²) in [6.07, 6.45) is 9.06. The predicted octanol–water partition coefficient (Wildman–Crippen LogP) is 14.8. The van der Waals surface area contributed by atoms with Crippen LogP contribution in [0.15, 0.2) is 188 Å². The van der Waals surface area contributed by atoms with Gasteiger partial charge >= 0.3 is 0 Å². The first-order valence-corrected chi connectivity index (χ1v) is 19.6. The number of hydrogen-bond acceptors (Lipinski definition) is 2. The number of nitrogens with zero attached hydrogens (tertiary/aromatic N) is 2. The van der Waals surface area contributed by atoms with Gasteiger partial charge in [-0.15, -0.1) is 11.3 Å². The molecule has 0 spiro atoms. The number of aromatic nitrogens is 1. The molecule has 2 unspecified atom stereocenters. The lowest BCUT2D eigenvalue weighted by molar-refractivity contribution is 0.639. The number of fused-ring (bicyclic) bond motifs is 9. The van der Waals surface area contributed by atoms with Crippen LogP contribution in [-0.4, -0.2) is 4.57 Å². The molecule has 2 nitrogen and oxygen atoms in total. The van der Waals surface area contributed by atoms with E-state index in [2.05, 4.69) is 204 Å².